The van der Waals surface area contributed by atoms with Crippen molar-refractivity contribution in [2.75, 3.05) is 23.7 Å². The minimum absolute atomic E-state index is 0.101. The molecular weight excluding hydrogens is 226 g/mol. The molecule has 1 aromatic rings. The van der Waals surface area contributed by atoms with Gasteiger partial charge < -0.3 is 16.4 Å². The number of carbonyl (C=O) groups is 1. The molecule has 1 fully saturated rings. The fraction of sp³-hybridized carbons (Fsp3) is 0.364. The number of nitrogens with zero attached hydrogens (tertiary/aromatic N) is 1. The average Bonchev–Trinajstić information content (AvgIpc) is 2.66. The number of carbonyl (C=O) groups excluding carboxylic acids is 1. The minimum atomic E-state index is -0.256. The number of primary amides is 1. The number of benzene rings is 1. The van der Waals surface area contributed by atoms with Gasteiger partial charge in [0.05, 0.1) is 22.3 Å². The van der Waals surface area contributed by atoms with Gasteiger partial charge in [-0.05, 0) is 18.6 Å². The topological polar surface area (TPSA) is 72.4 Å². The molecule has 1 aromatic carbocycles. The van der Waals surface area contributed by atoms with Gasteiger partial charge in [0, 0.05) is 13.1 Å². The summed E-state index contributed by atoms with van der Waals surface area (Å²) >= 11 is 6.10. The van der Waals surface area contributed by atoms with Crippen LogP contribution in [0, 0.1) is 5.92 Å². The van der Waals surface area contributed by atoms with Gasteiger partial charge in [-0.25, -0.2) is 0 Å². The summed E-state index contributed by atoms with van der Waals surface area (Å²) in [5, 5.41) is 0.616. The molecule has 1 amide bonds. The van der Waals surface area contributed by atoms with E-state index >= 15 is 0 Å². The number of nitrogens with two attached hydrogens (primary N) is 2. The minimum Gasteiger partial charge on any atom is -0.397 e. The van der Waals surface area contributed by atoms with Crippen LogP contribution in [0.3, 0.4) is 0 Å². The van der Waals surface area contributed by atoms with E-state index in [2.05, 4.69) is 0 Å². The molecule has 0 saturated carbocycles. The molecule has 4 N–H and O–H groups in total. The van der Waals surface area contributed by atoms with Gasteiger partial charge in [0.1, 0.15) is 0 Å². The molecule has 0 aromatic heterocycles. The fourth-order valence-electron chi connectivity index (χ4n) is 2.06. The summed E-state index contributed by atoms with van der Waals surface area (Å²) in [6.07, 6.45) is 0.764. The highest BCUT2D eigenvalue weighted by Gasteiger charge is 2.28. The van der Waals surface area contributed by atoms with Crippen molar-refractivity contribution in [3.63, 3.8) is 0 Å². The van der Waals surface area contributed by atoms with Gasteiger partial charge in [0.25, 0.3) is 0 Å². The normalized spacial score (nSPS) is 20.1. The number of amides is 1. The highest BCUT2D eigenvalue weighted by Crippen LogP contribution is 2.35. The molecular formula is C11H14ClN3O. The Bertz CT molecular complexity index is 401. The van der Waals surface area contributed by atoms with Crippen molar-refractivity contribution in [2.45, 2.75) is 6.42 Å². The maximum Gasteiger partial charge on any atom is 0.222 e. The summed E-state index contributed by atoms with van der Waals surface area (Å²) in [6.45, 7) is 1.37. The van der Waals surface area contributed by atoms with Crippen LogP contribution in [0.2, 0.25) is 5.02 Å². The second kappa shape index (κ2) is 4.22. The van der Waals surface area contributed by atoms with E-state index < -0.39 is 0 Å². The molecule has 2 rings (SSSR count). The third kappa shape index (κ3) is 1.93. The third-order valence-electron chi connectivity index (χ3n) is 2.92. The van der Waals surface area contributed by atoms with E-state index in [9.17, 15) is 4.79 Å². The average molecular weight is 240 g/mol. The molecule has 16 heavy (non-hydrogen) atoms. The van der Waals surface area contributed by atoms with Gasteiger partial charge in [-0.1, -0.05) is 17.7 Å². The Morgan fingerprint density at radius 2 is 2.25 bits per heavy atom. The van der Waals surface area contributed by atoms with E-state index in [0.717, 1.165) is 18.7 Å². The first-order chi connectivity index (χ1) is 7.59. The second-order valence-electron chi connectivity index (χ2n) is 4.01. The lowest BCUT2D eigenvalue weighted by Gasteiger charge is -2.21. The van der Waals surface area contributed by atoms with Crippen molar-refractivity contribution in [3.8, 4) is 0 Å². The van der Waals surface area contributed by atoms with Gasteiger partial charge in [-0.3, -0.25) is 4.79 Å². The van der Waals surface area contributed by atoms with Crippen LogP contribution in [0.15, 0.2) is 18.2 Å². The highest BCUT2D eigenvalue weighted by molar-refractivity contribution is 6.34. The number of nitrogen functional groups attached to an aromatic ring is 1. The Balaban J connectivity index is 2.24. The lowest BCUT2D eigenvalue weighted by molar-refractivity contribution is -0.121. The molecule has 0 aliphatic carbocycles. The van der Waals surface area contributed by atoms with Crippen LogP contribution in [0.25, 0.3) is 0 Å². The van der Waals surface area contributed by atoms with Crippen LogP contribution in [-0.4, -0.2) is 19.0 Å². The van der Waals surface area contributed by atoms with Crippen LogP contribution in [0.1, 0.15) is 6.42 Å². The number of para-hydroxylation sites is 1. The zero-order chi connectivity index (χ0) is 11.7. The van der Waals surface area contributed by atoms with E-state index in [-0.39, 0.29) is 11.8 Å². The van der Waals surface area contributed by atoms with Crippen molar-refractivity contribution in [1.82, 2.24) is 0 Å². The van der Waals surface area contributed by atoms with E-state index in [1.807, 2.05) is 11.0 Å². The zero-order valence-electron chi connectivity index (χ0n) is 8.82. The van der Waals surface area contributed by atoms with E-state index in [4.69, 9.17) is 23.1 Å². The molecule has 4 nitrogen and oxygen atoms in total. The summed E-state index contributed by atoms with van der Waals surface area (Å²) < 4.78 is 0. The van der Waals surface area contributed by atoms with E-state index in [1.165, 1.54) is 0 Å². The highest BCUT2D eigenvalue weighted by atomic mass is 35.5. The smallest absolute Gasteiger partial charge is 0.222 e. The van der Waals surface area contributed by atoms with E-state index in [1.54, 1.807) is 12.1 Å². The van der Waals surface area contributed by atoms with Crippen LogP contribution in [-0.2, 0) is 4.79 Å². The predicted molar refractivity (Wildman–Crippen MR) is 65.4 cm³/mol. The van der Waals surface area contributed by atoms with Gasteiger partial charge >= 0.3 is 0 Å². The molecule has 1 atom stereocenters. The Labute approximate surface area is 99.2 Å². The van der Waals surface area contributed by atoms with Crippen molar-refractivity contribution >= 4 is 28.9 Å². The Kier molecular flexibility index (Phi) is 2.92. The number of anilines is 2. The molecule has 0 bridgehead atoms. The maximum absolute atomic E-state index is 11.1. The fourth-order valence-corrected chi connectivity index (χ4v) is 2.36. The van der Waals surface area contributed by atoms with E-state index in [0.29, 0.717) is 17.3 Å². The van der Waals surface area contributed by atoms with Crippen LogP contribution >= 0.6 is 11.6 Å². The molecule has 1 aliphatic heterocycles. The van der Waals surface area contributed by atoms with Crippen molar-refractivity contribution < 1.29 is 4.79 Å². The van der Waals surface area contributed by atoms with Crippen molar-refractivity contribution in [3.05, 3.63) is 23.2 Å². The molecule has 5 heteroatoms. The number of rotatable bonds is 2. The van der Waals surface area contributed by atoms with Crippen LogP contribution in [0.4, 0.5) is 11.4 Å². The molecule has 0 spiro atoms. The first-order valence-corrected chi connectivity index (χ1v) is 5.55. The second-order valence-corrected chi connectivity index (χ2v) is 4.42. The summed E-state index contributed by atoms with van der Waals surface area (Å²) in [5.41, 5.74) is 12.6. The third-order valence-corrected chi connectivity index (χ3v) is 3.23. The Hall–Kier alpha value is -1.42. The van der Waals surface area contributed by atoms with Gasteiger partial charge in [-0.2, -0.15) is 0 Å². The summed E-state index contributed by atoms with van der Waals surface area (Å²) in [5.74, 6) is -0.358. The van der Waals surface area contributed by atoms with Gasteiger partial charge in [0.2, 0.25) is 5.91 Å². The lowest BCUT2D eigenvalue weighted by atomic mass is 10.1. The number of hydrogen-bond donors (Lipinski definition) is 2. The summed E-state index contributed by atoms with van der Waals surface area (Å²) in [4.78, 5) is 13.1. The summed E-state index contributed by atoms with van der Waals surface area (Å²) in [7, 11) is 0. The SMILES string of the molecule is NC(=O)C1CCN(c2c(N)cccc2Cl)C1. The molecule has 1 unspecified atom stereocenters. The first kappa shape index (κ1) is 11.1. The molecule has 1 aliphatic rings. The maximum atomic E-state index is 11.1. The van der Waals surface area contributed by atoms with Crippen LogP contribution < -0.4 is 16.4 Å². The molecule has 0 radical (unpaired) electrons. The Morgan fingerprint density at radius 3 is 2.81 bits per heavy atom. The lowest BCUT2D eigenvalue weighted by Crippen LogP contribution is -2.27. The van der Waals surface area contributed by atoms with Gasteiger partial charge in [-0.15, -0.1) is 0 Å². The van der Waals surface area contributed by atoms with Crippen LogP contribution in [0.5, 0.6) is 0 Å². The molecule has 1 saturated heterocycles. The van der Waals surface area contributed by atoms with Crippen molar-refractivity contribution in [2.24, 2.45) is 11.7 Å². The Morgan fingerprint density at radius 1 is 1.50 bits per heavy atom. The molecule has 1 heterocycles. The molecule has 86 valence electrons. The summed E-state index contributed by atoms with van der Waals surface area (Å²) in [6, 6.07) is 5.41. The largest absolute Gasteiger partial charge is 0.397 e. The van der Waals surface area contributed by atoms with Gasteiger partial charge in [0.15, 0.2) is 0 Å². The zero-order valence-corrected chi connectivity index (χ0v) is 9.57. The standard InChI is InChI=1S/C11H14ClN3O/c12-8-2-1-3-9(13)10(8)15-5-4-7(6-15)11(14)16/h1-3,7H,4-6,13H2,(H2,14,16). The van der Waals surface area contributed by atoms with Crippen molar-refractivity contribution in [1.29, 1.82) is 0 Å². The first-order valence-electron chi connectivity index (χ1n) is 5.18. The monoisotopic (exact) mass is 239 g/mol. The number of hydrogen-bond acceptors (Lipinski definition) is 3. The number of halogens is 1. The quantitative estimate of drug-likeness (QED) is 0.763. The predicted octanol–water partition coefficient (Wildman–Crippen LogP) is 1.23.